The fourth-order valence-corrected chi connectivity index (χ4v) is 1.28. The lowest BCUT2D eigenvalue weighted by atomic mass is 10.3. The lowest BCUT2D eigenvalue weighted by molar-refractivity contribution is -0.115. The standard InChI is InChI=1S/C13H18N4O/c1-3-9-15-13(14-2)16-10-12(18)17-11-7-5-4-6-8-11/h3-8H,1,9-10H2,2H3,(H,17,18)(H2,14,15,16). The molecule has 0 aliphatic rings. The van der Waals surface area contributed by atoms with Gasteiger partial charge in [0.1, 0.15) is 0 Å². The van der Waals surface area contributed by atoms with Crippen molar-refractivity contribution in [2.24, 2.45) is 4.99 Å². The number of nitrogens with zero attached hydrogens (tertiary/aromatic N) is 1. The van der Waals surface area contributed by atoms with Gasteiger partial charge >= 0.3 is 0 Å². The molecule has 0 bridgehead atoms. The lowest BCUT2D eigenvalue weighted by Gasteiger charge is -2.10. The smallest absolute Gasteiger partial charge is 0.243 e. The van der Waals surface area contributed by atoms with Crippen molar-refractivity contribution in [3.63, 3.8) is 0 Å². The Labute approximate surface area is 107 Å². The summed E-state index contributed by atoms with van der Waals surface area (Å²) in [5, 5.41) is 8.66. The summed E-state index contributed by atoms with van der Waals surface area (Å²) in [6, 6.07) is 9.31. The number of hydrogen-bond acceptors (Lipinski definition) is 2. The van der Waals surface area contributed by atoms with Crippen molar-refractivity contribution in [1.82, 2.24) is 10.6 Å². The van der Waals surface area contributed by atoms with Crippen LogP contribution in [0.15, 0.2) is 48.0 Å². The highest BCUT2D eigenvalue weighted by Gasteiger charge is 2.02. The minimum atomic E-state index is -0.122. The van der Waals surface area contributed by atoms with Crippen molar-refractivity contribution in [3.05, 3.63) is 43.0 Å². The summed E-state index contributed by atoms with van der Waals surface area (Å²) < 4.78 is 0. The van der Waals surface area contributed by atoms with Gasteiger partial charge in [0.15, 0.2) is 5.96 Å². The molecule has 0 spiro atoms. The highest BCUT2D eigenvalue weighted by atomic mass is 16.1. The minimum absolute atomic E-state index is 0.122. The van der Waals surface area contributed by atoms with Crippen molar-refractivity contribution >= 4 is 17.6 Å². The zero-order chi connectivity index (χ0) is 13.2. The van der Waals surface area contributed by atoms with Gasteiger partial charge in [0.05, 0.1) is 6.54 Å². The summed E-state index contributed by atoms with van der Waals surface area (Å²) in [6.07, 6.45) is 1.72. The first-order valence-corrected chi connectivity index (χ1v) is 5.66. The summed E-state index contributed by atoms with van der Waals surface area (Å²) in [4.78, 5) is 15.6. The van der Waals surface area contributed by atoms with E-state index in [0.717, 1.165) is 5.69 Å². The summed E-state index contributed by atoms with van der Waals surface area (Å²) in [6.45, 7) is 4.35. The monoisotopic (exact) mass is 246 g/mol. The van der Waals surface area contributed by atoms with Crippen molar-refractivity contribution in [3.8, 4) is 0 Å². The molecule has 0 fully saturated rings. The summed E-state index contributed by atoms with van der Waals surface area (Å²) >= 11 is 0. The molecular weight excluding hydrogens is 228 g/mol. The summed E-state index contributed by atoms with van der Waals surface area (Å²) in [7, 11) is 1.65. The topological polar surface area (TPSA) is 65.5 Å². The molecule has 0 aliphatic carbocycles. The molecule has 0 aromatic heterocycles. The molecule has 1 rings (SSSR count). The maximum Gasteiger partial charge on any atom is 0.243 e. The van der Waals surface area contributed by atoms with Gasteiger partial charge in [0.2, 0.25) is 5.91 Å². The van der Waals surface area contributed by atoms with E-state index in [0.29, 0.717) is 12.5 Å². The van der Waals surface area contributed by atoms with E-state index in [-0.39, 0.29) is 12.5 Å². The Morgan fingerprint density at radius 3 is 2.67 bits per heavy atom. The molecule has 0 saturated heterocycles. The quantitative estimate of drug-likeness (QED) is 0.412. The van der Waals surface area contributed by atoms with Crippen LogP contribution in [0.1, 0.15) is 0 Å². The molecule has 18 heavy (non-hydrogen) atoms. The van der Waals surface area contributed by atoms with Crippen LogP contribution in [-0.4, -0.2) is 32.0 Å². The Morgan fingerprint density at radius 2 is 2.06 bits per heavy atom. The van der Waals surface area contributed by atoms with Crippen LogP contribution in [0, 0.1) is 0 Å². The van der Waals surface area contributed by atoms with E-state index < -0.39 is 0 Å². The maximum atomic E-state index is 11.6. The molecule has 1 aromatic carbocycles. The van der Waals surface area contributed by atoms with E-state index >= 15 is 0 Å². The Bertz CT molecular complexity index is 414. The third-order valence-electron chi connectivity index (χ3n) is 2.11. The van der Waals surface area contributed by atoms with Crippen LogP contribution in [-0.2, 0) is 4.79 Å². The van der Waals surface area contributed by atoms with E-state index in [2.05, 4.69) is 27.5 Å². The highest BCUT2D eigenvalue weighted by Crippen LogP contribution is 2.03. The van der Waals surface area contributed by atoms with Gasteiger partial charge in [-0.15, -0.1) is 6.58 Å². The molecule has 1 amide bonds. The number of nitrogens with one attached hydrogen (secondary N) is 3. The van der Waals surface area contributed by atoms with Crippen molar-refractivity contribution in [1.29, 1.82) is 0 Å². The molecule has 0 atom stereocenters. The van der Waals surface area contributed by atoms with Crippen LogP contribution >= 0.6 is 0 Å². The SMILES string of the molecule is C=CCNC(=NC)NCC(=O)Nc1ccccc1. The predicted molar refractivity (Wildman–Crippen MR) is 74.6 cm³/mol. The van der Waals surface area contributed by atoms with Gasteiger partial charge in [-0.25, -0.2) is 0 Å². The summed E-state index contributed by atoms with van der Waals surface area (Å²) in [5.41, 5.74) is 0.776. The van der Waals surface area contributed by atoms with Gasteiger partial charge in [0.25, 0.3) is 0 Å². The van der Waals surface area contributed by atoms with Crippen LogP contribution in [0.5, 0.6) is 0 Å². The minimum Gasteiger partial charge on any atom is -0.353 e. The largest absolute Gasteiger partial charge is 0.353 e. The molecule has 3 N–H and O–H groups in total. The Balaban J connectivity index is 2.34. The van der Waals surface area contributed by atoms with Gasteiger partial charge in [0, 0.05) is 19.3 Å². The number of anilines is 1. The van der Waals surface area contributed by atoms with E-state index in [1.165, 1.54) is 0 Å². The number of carbonyl (C=O) groups is 1. The first-order chi connectivity index (χ1) is 8.76. The molecule has 5 nitrogen and oxygen atoms in total. The van der Waals surface area contributed by atoms with Gasteiger partial charge < -0.3 is 16.0 Å². The highest BCUT2D eigenvalue weighted by molar-refractivity contribution is 5.94. The number of para-hydroxylation sites is 1. The predicted octanol–water partition coefficient (Wildman–Crippen LogP) is 0.976. The number of amides is 1. The van der Waals surface area contributed by atoms with Crippen LogP contribution in [0.2, 0.25) is 0 Å². The molecule has 0 radical (unpaired) electrons. The number of rotatable bonds is 5. The Morgan fingerprint density at radius 1 is 1.33 bits per heavy atom. The first kappa shape index (κ1) is 13.8. The van der Waals surface area contributed by atoms with Crippen LogP contribution in [0.25, 0.3) is 0 Å². The average molecular weight is 246 g/mol. The van der Waals surface area contributed by atoms with Crippen molar-refractivity contribution in [2.75, 3.05) is 25.5 Å². The molecule has 0 unspecified atom stereocenters. The molecule has 0 saturated carbocycles. The normalized spacial score (nSPS) is 10.6. The van der Waals surface area contributed by atoms with E-state index in [9.17, 15) is 4.79 Å². The fourth-order valence-electron chi connectivity index (χ4n) is 1.28. The Kier molecular flexibility index (Phi) is 6.03. The molecule has 1 aromatic rings. The van der Waals surface area contributed by atoms with Crippen molar-refractivity contribution in [2.45, 2.75) is 0 Å². The average Bonchev–Trinajstić information content (AvgIpc) is 2.40. The van der Waals surface area contributed by atoms with Crippen molar-refractivity contribution < 1.29 is 4.79 Å². The van der Waals surface area contributed by atoms with E-state index in [1.807, 2.05) is 30.3 Å². The van der Waals surface area contributed by atoms with Gasteiger partial charge in [-0.3, -0.25) is 9.79 Å². The van der Waals surface area contributed by atoms with Gasteiger partial charge in [-0.05, 0) is 12.1 Å². The van der Waals surface area contributed by atoms with Crippen LogP contribution in [0.4, 0.5) is 5.69 Å². The molecule has 5 heteroatoms. The molecular formula is C13H18N4O. The number of guanidine groups is 1. The summed E-state index contributed by atoms with van der Waals surface area (Å²) in [5.74, 6) is 0.445. The number of hydrogen-bond donors (Lipinski definition) is 3. The lowest BCUT2D eigenvalue weighted by Crippen LogP contribution is -2.41. The van der Waals surface area contributed by atoms with Crippen LogP contribution in [0.3, 0.4) is 0 Å². The second kappa shape index (κ2) is 7.89. The number of carbonyl (C=O) groups excluding carboxylic acids is 1. The fraction of sp³-hybridized carbons (Fsp3) is 0.231. The molecule has 96 valence electrons. The van der Waals surface area contributed by atoms with Gasteiger partial charge in [-0.2, -0.15) is 0 Å². The number of benzene rings is 1. The molecule has 0 aliphatic heterocycles. The number of aliphatic imine (C=N–C) groups is 1. The zero-order valence-electron chi connectivity index (χ0n) is 10.4. The zero-order valence-corrected chi connectivity index (χ0v) is 10.4. The third kappa shape index (κ3) is 5.16. The Hall–Kier alpha value is -2.30. The maximum absolute atomic E-state index is 11.6. The second-order valence-electron chi connectivity index (χ2n) is 3.51. The second-order valence-corrected chi connectivity index (χ2v) is 3.51. The van der Waals surface area contributed by atoms with Crippen LogP contribution < -0.4 is 16.0 Å². The van der Waals surface area contributed by atoms with Gasteiger partial charge in [-0.1, -0.05) is 24.3 Å². The van der Waals surface area contributed by atoms with E-state index in [4.69, 9.17) is 0 Å². The molecule has 0 heterocycles. The first-order valence-electron chi connectivity index (χ1n) is 5.66. The van der Waals surface area contributed by atoms with E-state index in [1.54, 1.807) is 13.1 Å². The third-order valence-corrected chi connectivity index (χ3v) is 2.11.